The van der Waals surface area contributed by atoms with Gasteiger partial charge in [0.1, 0.15) is 0 Å². The van der Waals surface area contributed by atoms with Gasteiger partial charge in [-0.1, -0.05) is 91.0 Å². The molecule has 0 aliphatic rings. The second-order valence-electron chi connectivity index (χ2n) is 9.73. The molecule has 0 spiro atoms. The molecule has 2 heteroatoms. The molecule has 6 aromatic carbocycles. The van der Waals surface area contributed by atoms with E-state index in [4.69, 9.17) is 0 Å². The number of hydrogen-bond donors (Lipinski definition) is 0. The highest BCUT2D eigenvalue weighted by molar-refractivity contribution is 7.26. The quantitative estimate of drug-likeness (QED) is 0.223. The maximum absolute atomic E-state index is 2.45. The lowest BCUT2D eigenvalue weighted by Gasteiger charge is -2.06. The Balaban J connectivity index is 1.38. The van der Waals surface area contributed by atoms with Gasteiger partial charge < -0.3 is 4.40 Å². The van der Waals surface area contributed by atoms with Gasteiger partial charge >= 0.3 is 0 Å². The van der Waals surface area contributed by atoms with Crippen molar-refractivity contribution in [3.8, 4) is 11.1 Å². The Bertz CT molecular complexity index is 2310. The minimum atomic E-state index is 1.28. The van der Waals surface area contributed by atoms with E-state index in [1.54, 1.807) is 0 Å². The van der Waals surface area contributed by atoms with Gasteiger partial charge in [-0.25, -0.2) is 0 Å². The summed E-state index contributed by atoms with van der Waals surface area (Å²) in [5.41, 5.74) is 6.49. The van der Waals surface area contributed by atoms with Gasteiger partial charge in [-0.05, 0) is 46.2 Å². The van der Waals surface area contributed by atoms with E-state index in [0.29, 0.717) is 0 Å². The van der Waals surface area contributed by atoms with E-state index in [1.165, 1.54) is 80.2 Å². The van der Waals surface area contributed by atoms with Gasteiger partial charge in [0.05, 0.1) is 16.6 Å². The van der Waals surface area contributed by atoms with Crippen LogP contribution in [0.4, 0.5) is 0 Å². The summed E-state index contributed by atoms with van der Waals surface area (Å²) >= 11 is 1.91. The smallest absolute Gasteiger partial charge is 0.0620 e. The normalized spacial score (nSPS) is 12.4. The molecule has 0 bridgehead atoms. The molecule has 3 heterocycles. The summed E-state index contributed by atoms with van der Waals surface area (Å²) in [6.45, 7) is 0. The van der Waals surface area contributed by atoms with Crippen LogP contribution in [-0.4, -0.2) is 4.40 Å². The van der Waals surface area contributed by atoms with Gasteiger partial charge in [0.15, 0.2) is 0 Å². The highest BCUT2D eigenvalue weighted by Gasteiger charge is 2.18. The van der Waals surface area contributed by atoms with Gasteiger partial charge in [0.2, 0.25) is 0 Å². The molecule has 0 aliphatic heterocycles. The molecule has 9 rings (SSSR count). The van der Waals surface area contributed by atoms with Gasteiger partial charge in [-0.15, -0.1) is 11.3 Å². The van der Waals surface area contributed by atoms with Crippen molar-refractivity contribution < 1.29 is 0 Å². The minimum Gasteiger partial charge on any atom is -0.308 e. The largest absolute Gasteiger partial charge is 0.308 e. The van der Waals surface area contributed by atoms with Crippen molar-refractivity contribution in [2.75, 3.05) is 0 Å². The first-order valence-electron chi connectivity index (χ1n) is 12.4. The Kier molecular flexibility index (Phi) is 3.47. The van der Waals surface area contributed by atoms with Crippen LogP contribution in [-0.2, 0) is 0 Å². The molecule has 0 amide bonds. The molecule has 0 atom stereocenters. The summed E-state index contributed by atoms with van der Waals surface area (Å²) < 4.78 is 5.17. The van der Waals surface area contributed by atoms with E-state index >= 15 is 0 Å². The topological polar surface area (TPSA) is 4.41 Å². The van der Waals surface area contributed by atoms with Crippen LogP contribution in [0.3, 0.4) is 0 Å². The molecule has 1 nitrogen and oxygen atoms in total. The first-order chi connectivity index (χ1) is 17.9. The van der Waals surface area contributed by atoms with Crippen LogP contribution in [0, 0.1) is 0 Å². The predicted octanol–water partition coefficient (Wildman–Crippen LogP) is 10.0. The Morgan fingerprint density at radius 3 is 2.17 bits per heavy atom. The molecule has 0 unspecified atom stereocenters. The van der Waals surface area contributed by atoms with Crippen LogP contribution < -0.4 is 0 Å². The zero-order chi connectivity index (χ0) is 23.4. The Morgan fingerprint density at radius 2 is 1.22 bits per heavy atom. The van der Waals surface area contributed by atoms with Crippen molar-refractivity contribution in [3.05, 3.63) is 115 Å². The lowest BCUT2D eigenvalue weighted by atomic mass is 9.98. The highest BCUT2D eigenvalue weighted by atomic mass is 32.1. The lowest BCUT2D eigenvalue weighted by Crippen LogP contribution is -1.82. The summed E-state index contributed by atoms with van der Waals surface area (Å²) in [7, 11) is 0. The monoisotopic (exact) mass is 473 g/mol. The second-order valence-corrected chi connectivity index (χ2v) is 10.8. The summed E-state index contributed by atoms with van der Waals surface area (Å²) in [5.74, 6) is 0. The van der Waals surface area contributed by atoms with Gasteiger partial charge in [-0.2, -0.15) is 0 Å². The number of benzene rings is 6. The number of aromatic nitrogens is 1. The van der Waals surface area contributed by atoms with Gasteiger partial charge in [0.25, 0.3) is 0 Å². The number of nitrogens with zero attached hydrogens (tertiary/aromatic N) is 1. The van der Waals surface area contributed by atoms with Crippen molar-refractivity contribution in [2.24, 2.45) is 0 Å². The lowest BCUT2D eigenvalue weighted by molar-refractivity contribution is 1.37. The molecule has 3 aromatic heterocycles. The van der Waals surface area contributed by atoms with Crippen molar-refractivity contribution in [3.63, 3.8) is 0 Å². The summed E-state index contributed by atoms with van der Waals surface area (Å²) in [4.78, 5) is 0. The zero-order valence-electron chi connectivity index (χ0n) is 19.3. The van der Waals surface area contributed by atoms with E-state index < -0.39 is 0 Å². The fourth-order valence-corrected chi connectivity index (χ4v) is 7.65. The van der Waals surface area contributed by atoms with E-state index in [1.807, 2.05) is 11.3 Å². The van der Waals surface area contributed by atoms with Crippen LogP contribution in [0.25, 0.3) is 80.2 Å². The number of fused-ring (bicyclic) bond motifs is 11. The molecule has 9 aromatic rings. The van der Waals surface area contributed by atoms with Crippen molar-refractivity contribution in [1.29, 1.82) is 0 Å². The van der Waals surface area contributed by atoms with E-state index in [0.717, 1.165) is 0 Å². The molecule has 0 saturated heterocycles. The third-order valence-electron chi connectivity index (χ3n) is 7.92. The fraction of sp³-hybridized carbons (Fsp3) is 0. The van der Waals surface area contributed by atoms with E-state index in [-0.39, 0.29) is 0 Å². The predicted molar refractivity (Wildman–Crippen MR) is 157 cm³/mol. The minimum absolute atomic E-state index is 1.28. The van der Waals surface area contributed by atoms with E-state index in [9.17, 15) is 0 Å². The molecule has 0 radical (unpaired) electrons. The first-order valence-corrected chi connectivity index (χ1v) is 13.2. The third-order valence-corrected chi connectivity index (χ3v) is 9.12. The molecule has 0 aliphatic carbocycles. The molecule has 166 valence electrons. The van der Waals surface area contributed by atoms with Gasteiger partial charge in [-0.3, -0.25) is 0 Å². The summed E-state index contributed by atoms with van der Waals surface area (Å²) in [6, 6.07) is 42.6. The van der Waals surface area contributed by atoms with Crippen LogP contribution in [0.5, 0.6) is 0 Å². The number of para-hydroxylation sites is 2. The molecular formula is C34H19NS. The number of thiophene rings is 1. The van der Waals surface area contributed by atoms with Crippen LogP contribution in [0.1, 0.15) is 0 Å². The van der Waals surface area contributed by atoms with Crippen molar-refractivity contribution in [1.82, 2.24) is 4.40 Å². The fourth-order valence-electron chi connectivity index (χ4n) is 6.40. The number of rotatable bonds is 1. The molecule has 0 N–H and O–H groups in total. The number of hydrogen-bond acceptors (Lipinski definition) is 1. The first kappa shape index (κ1) is 18.9. The third kappa shape index (κ3) is 2.26. The van der Waals surface area contributed by atoms with Crippen molar-refractivity contribution in [2.45, 2.75) is 0 Å². The molecular weight excluding hydrogens is 454 g/mol. The average Bonchev–Trinajstić information content (AvgIpc) is 3.59. The average molecular weight is 474 g/mol. The Labute approximate surface area is 210 Å². The maximum Gasteiger partial charge on any atom is 0.0620 e. The maximum atomic E-state index is 2.45. The zero-order valence-corrected chi connectivity index (χ0v) is 20.1. The molecule has 0 saturated carbocycles. The standard InChI is InChI=1S/C34H19NS/c1-2-8-22-20(7-1)16-18-31-32(22)27-13-5-10-23(34(27)36-31)21-15-17-30-28(19-21)26-12-6-11-25-24-9-3-4-14-29(24)35(30)33(25)26/h1-19H. The summed E-state index contributed by atoms with van der Waals surface area (Å²) in [6.07, 6.45) is 0. The van der Waals surface area contributed by atoms with Crippen molar-refractivity contribution >= 4 is 80.4 Å². The van der Waals surface area contributed by atoms with Crippen LogP contribution >= 0.6 is 11.3 Å². The molecule has 36 heavy (non-hydrogen) atoms. The summed E-state index contributed by atoms with van der Waals surface area (Å²) in [5, 5.41) is 10.7. The van der Waals surface area contributed by atoms with E-state index in [2.05, 4.69) is 120 Å². The Hall–Kier alpha value is -4.40. The SMILES string of the molecule is c1ccc2c(c1)ccc1sc3c(-c4ccc5c(c4)c4cccc6c7ccccc7n5c64)cccc3c12. The van der Waals surface area contributed by atoms with Gasteiger partial charge in [0, 0.05) is 41.7 Å². The Morgan fingerprint density at radius 1 is 0.500 bits per heavy atom. The van der Waals surface area contributed by atoms with Crippen LogP contribution in [0.2, 0.25) is 0 Å². The molecule has 0 fully saturated rings. The highest BCUT2D eigenvalue weighted by Crippen LogP contribution is 2.44. The van der Waals surface area contributed by atoms with Crippen LogP contribution in [0.15, 0.2) is 115 Å². The second kappa shape index (κ2) is 6.63.